The molecule has 1 unspecified atom stereocenters. The summed E-state index contributed by atoms with van der Waals surface area (Å²) in [5, 5.41) is 39.6. The molecule has 0 amide bonds. The zero-order valence-corrected chi connectivity index (χ0v) is 21.3. The summed E-state index contributed by atoms with van der Waals surface area (Å²) in [6.07, 6.45) is 15.6. The number of unbranched alkanes of at least 4 members (excludes halogenated alkanes) is 8. The molecule has 4 N–H and O–H groups in total. The van der Waals surface area contributed by atoms with Gasteiger partial charge in [0.15, 0.2) is 11.6 Å². The van der Waals surface area contributed by atoms with Crippen molar-refractivity contribution in [3.05, 3.63) is 12.2 Å². The summed E-state index contributed by atoms with van der Waals surface area (Å²) >= 11 is 0. The second-order valence-electron chi connectivity index (χ2n) is 9.84. The smallest absolute Gasteiger partial charge is 0.168 e. The number of ether oxygens (including phenoxy) is 3. The van der Waals surface area contributed by atoms with Crippen LogP contribution in [0.4, 0.5) is 0 Å². The lowest BCUT2D eigenvalue weighted by atomic mass is 9.92. The van der Waals surface area contributed by atoms with E-state index in [2.05, 4.69) is 6.92 Å². The second-order valence-corrected chi connectivity index (χ2v) is 9.84. The second kappa shape index (κ2) is 16.2. The van der Waals surface area contributed by atoms with Crippen LogP contribution < -0.4 is 0 Å². The Bertz CT molecular complexity index is 511. The molecule has 1 saturated heterocycles. The molecular weight excluding hydrogens is 424 g/mol. The average Bonchev–Trinajstić information content (AvgIpc) is 3.22. The van der Waals surface area contributed by atoms with Crippen LogP contribution in [0.15, 0.2) is 12.2 Å². The van der Waals surface area contributed by atoms with Gasteiger partial charge in [-0.3, -0.25) is 0 Å². The van der Waals surface area contributed by atoms with Crippen molar-refractivity contribution in [2.75, 3.05) is 26.4 Å². The van der Waals surface area contributed by atoms with Crippen LogP contribution in [-0.2, 0) is 14.2 Å². The summed E-state index contributed by atoms with van der Waals surface area (Å²) in [6, 6.07) is 0. The first-order valence-electron chi connectivity index (χ1n) is 13.0. The quantitative estimate of drug-likeness (QED) is 0.119. The van der Waals surface area contributed by atoms with Crippen molar-refractivity contribution in [2.24, 2.45) is 0 Å². The molecule has 1 rings (SSSR count). The van der Waals surface area contributed by atoms with Crippen molar-refractivity contribution in [3.63, 3.8) is 0 Å². The van der Waals surface area contributed by atoms with E-state index in [0.29, 0.717) is 13.2 Å². The number of aliphatic hydroxyl groups is 4. The first-order chi connectivity index (χ1) is 15.7. The van der Waals surface area contributed by atoms with Crippen LogP contribution in [0.2, 0.25) is 0 Å². The standard InChI is InChI=1S/C26H50O7/c1-4-5-6-10-13-16-26(31-20-21-32-26)17-14-11-8-7-9-12-15-23(29)25(22-28,18-19-27)33-24(2,3)30/h12,15,23,27-30H,4-11,13-14,16-22H2,1-3H3/t23-,25?/m0/s1. The molecule has 7 nitrogen and oxygen atoms in total. The molecule has 1 aliphatic rings. The molecule has 0 bridgehead atoms. The van der Waals surface area contributed by atoms with Crippen LogP contribution in [-0.4, -0.2) is 70.1 Å². The van der Waals surface area contributed by atoms with Gasteiger partial charge in [-0.05, 0) is 39.5 Å². The predicted molar refractivity (Wildman–Crippen MR) is 130 cm³/mol. The van der Waals surface area contributed by atoms with E-state index in [1.807, 2.05) is 6.08 Å². The Labute approximate surface area is 201 Å². The van der Waals surface area contributed by atoms with Crippen LogP contribution in [0.1, 0.15) is 104 Å². The molecule has 1 heterocycles. The zero-order valence-electron chi connectivity index (χ0n) is 21.3. The molecule has 0 aromatic rings. The van der Waals surface area contributed by atoms with Gasteiger partial charge in [-0.2, -0.15) is 0 Å². The van der Waals surface area contributed by atoms with E-state index in [9.17, 15) is 20.4 Å². The van der Waals surface area contributed by atoms with Crippen molar-refractivity contribution in [1.82, 2.24) is 0 Å². The first-order valence-corrected chi connectivity index (χ1v) is 13.0. The molecule has 0 spiro atoms. The SMILES string of the molecule is CCCCCCCC1(CCCCCCC=C[C@H](O)C(CO)(CCO)OC(C)(C)O)OCCO1. The molecule has 2 atom stereocenters. The summed E-state index contributed by atoms with van der Waals surface area (Å²) in [5.41, 5.74) is -1.43. The Morgan fingerprint density at radius 2 is 1.52 bits per heavy atom. The molecule has 0 aliphatic carbocycles. The van der Waals surface area contributed by atoms with E-state index in [0.717, 1.165) is 51.4 Å². The molecule has 0 radical (unpaired) electrons. The summed E-state index contributed by atoms with van der Waals surface area (Å²) in [5.74, 6) is -1.90. The number of hydrogen-bond donors (Lipinski definition) is 4. The molecule has 196 valence electrons. The lowest BCUT2D eigenvalue weighted by Crippen LogP contribution is -2.52. The normalized spacial score (nSPS) is 19.2. The molecule has 33 heavy (non-hydrogen) atoms. The Kier molecular flexibility index (Phi) is 15.0. The van der Waals surface area contributed by atoms with Crippen LogP contribution in [0.5, 0.6) is 0 Å². The number of aliphatic hydroxyl groups excluding tert-OH is 3. The summed E-state index contributed by atoms with van der Waals surface area (Å²) in [6.45, 7) is 5.72. The van der Waals surface area contributed by atoms with Crippen LogP contribution in [0.25, 0.3) is 0 Å². The minimum Gasteiger partial charge on any atom is -0.396 e. The van der Waals surface area contributed by atoms with Crippen molar-refractivity contribution in [3.8, 4) is 0 Å². The van der Waals surface area contributed by atoms with Crippen molar-refractivity contribution >= 4 is 0 Å². The Morgan fingerprint density at radius 3 is 2.03 bits per heavy atom. The number of rotatable bonds is 20. The lowest BCUT2D eigenvalue weighted by molar-refractivity contribution is -0.277. The van der Waals surface area contributed by atoms with E-state index in [-0.39, 0.29) is 18.8 Å². The predicted octanol–water partition coefficient (Wildman–Crippen LogP) is 4.21. The number of allylic oxidation sites excluding steroid dienone is 1. The summed E-state index contributed by atoms with van der Waals surface area (Å²) in [4.78, 5) is 0. The molecule has 0 aromatic heterocycles. The topological polar surface area (TPSA) is 109 Å². The first kappa shape index (κ1) is 30.5. The van der Waals surface area contributed by atoms with Gasteiger partial charge in [0, 0.05) is 25.9 Å². The zero-order chi connectivity index (χ0) is 24.6. The third-order valence-corrected chi connectivity index (χ3v) is 6.27. The highest BCUT2D eigenvalue weighted by atomic mass is 16.7. The van der Waals surface area contributed by atoms with Crippen molar-refractivity contribution in [1.29, 1.82) is 0 Å². The van der Waals surface area contributed by atoms with Gasteiger partial charge in [0.05, 0.1) is 19.8 Å². The fraction of sp³-hybridized carbons (Fsp3) is 0.923. The minimum absolute atomic E-state index is 0.0174. The molecule has 1 aliphatic heterocycles. The molecule has 0 saturated carbocycles. The highest BCUT2D eigenvalue weighted by Gasteiger charge is 2.41. The van der Waals surface area contributed by atoms with Crippen LogP contribution >= 0.6 is 0 Å². The molecular formula is C26H50O7. The third-order valence-electron chi connectivity index (χ3n) is 6.27. The van der Waals surface area contributed by atoms with Gasteiger partial charge in [-0.1, -0.05) is 57.6 Å². The highest BCUT2D eigenvalue weighted by Crippen LogP contribution is 2.32. The summed E-state index contributed by atoms with van der Waals surface area (Å²) in [7, 11) is 0. The lowest BCUT2D eigenvalue weighted by Gasteiger charge is -2.39. The van der Waals surface area contributed by atoms with E-state index in [4.69, 9.17) is 14.2 Å². The summed E-state index contributed by atoms with van der Waals surface area (Å²) < 4.78 is 17.5. The average molecular weight is 475 g/mol. The maximum atomic E-state index is 10.5. The molecule has 0 aromatic carbocycles. The van der Waals surface area contributed by atoms with Gasteiger partial charge >= 0.3 is 0 Å². The Morgan fingerprint density at radius 1 is 0.939 bits per heavy atom. The molecule has 1 fully saturated rings. The monoisotopic (exact) mass is 474 g/mol. The largest absolute Gasteiger partial charge is 0.396 e. The van der Waals surface area contributed by atoms with Gasteiger partial charge in [0.1, 0.15) is 11.7 Å². The maximum absolute atomic E-state index is 10.5. The number of hydrogen-bond acceptors (Lipinski definition) is 7. The van der Waals surface area contributed by atoms with Gasteiger partial charge in [-0.25, -0.2) is 0 Å². The fourth-order valence-corrected chi connectivity index (χ4v) is 4.47. The van der Waals surface area contributed by atoms with E-state index in [1.165, 1.54) is 39.5 Å². The minimum atomic E-state index is -1.54. The van der Waals surface area contributed by atoms with Gasteiger partial charge < -0.3 is 34.6 Å². The maximum Gasteiger partial charge on any atom is 0.168 e. The van der Waals surface area contributed by atoms with Crippen LogP contribution in [0, 0.1) is 0 Å². The van der Waals surface area contributed by atoms with E-state index < -0.39 is 24.1 Å². The Balaban J connectivity index is 2.32. The van der Waals surface area contributed by atoms with E-state index >= 15 is 0 Å². The van der Waals surface area contributed by atoms with Gasteiger partial charge in [0.25, 0.3) is 0 Å². The fourth-order valence-electron chi connectivity index (χ4n) is 4.47. The van der Waals surface area contributed by atoms with E-state index in [1.54, 1.807) is 6.08 Å². The highest BCUT2D eigenvalue weighted by molar-refractivity contribution is 5.02. The third kappa shape index (κ3) is 12.1. The Hall–Kier alpha value is -0.540. The van der Waals surface area contributed by atoms with Crippen molar-refractivity contribution < 1.29 is 34.6 Å². The van der Waals surface area contributed by atoms with Gasteiger partial charge in [0.2, 0.25) is 0 Å². The molecule has 7 heteroatoms. The van der Waals surface area contributed by atoms with Crippen LogP contribution in [0.3, 0.4) is 0 Å². The van der Waals surface area contributed by atoms with Gasteiger partial charge in [-0.15, -0.1) is 0 Å². The van der Waals surface area contributed by atoms with Crippen molar-refractivity contribution in [2.45, 2.75) is 128 Å².